The van der Waals surface area contributed by atoms with Gasteiger partial charge in [0.2, 0.25) is 21.8 Å². The van der Waals surface area contributed by atoms with Gasteiger partial charge >= 0.3 is 0 Å². The molecule has 0 bridgehead atoms. The van der Waals surface area contributed by atoms with Crippen molar-refractivity contribution in [3.05, 3.63) is 58.6 Å². The van der Waals surface area contributed by atoms with E-state index in [2.05, 4.69) is 21.2 Å². The molecule has 0 radical (unpaired) electrons. The standard InChI is InChI=1S/C26H36BrN3O5S/c1-5-16-28-26(32)20(3)29(19-21-9-7-10-22(27)18-21)25(31)11-8-17-30(36(4,33)34)23-12-14-24(15-13-23)35-6-2/h7,9-10,12-15,18,20H,5-6,8,11,16-17,19H2,1-4H3,(H,28,32)/t20-/m0/s1. The molecular weight excluding hydrogens is 546 g/mol. The lowest BCUT2D eigenvalue weighted by Crippen LogP contribution is -2.47. The van der Waals surface area contributed by atoms with E-state index in [0.29, 0.717) is 31.0 Å². The van der Waals surface area contributed by atoms with Gasteiger partial charge in [-0.1, -0.05) is 35.0 Å². The summed E-state index contributed by atoms with van der Waals surface area (Å²) >= 11 is 3.45. The summed E-state index contributed by atoms with van der Waals surface area (Å²) in [5, 5.41) is 2.85. The van der Waals surface area contributed by atoms with E-state index in [0.717, 1.165) is 22.7 Å². The van der Waals surface area contributed by atoms with Crippen molar-refractivity contribution in [2.24, 2.45) is 0 Å². The average Bonchev–Trinajstić information content (AvgIpc) is 2.83. The van der Waals surface area contributed by atoms with Crippen molar-refractivity contribution in [3.63, 3.8) is 0 Å². The van der Waals surface area contributed by atoms with Gasteiger partial charge in [-0.05, 0) is 68.7 Å². The molecule has 0 unspecified atom stereocenters. The van der Waals surface area contributed by atoms with Gasteiger partial charge in [0.05, 0.1) is 18.6 Å². The first-order chi connectivity index (χ1) is 17.1. The summed E-state index contributed by atoms with van der Waals surface area (Å²) in [5.74, 6) is 0.227. The van der Waals surface area contributed by atoms with Gasteiger partial charge in [0, 0.05) is 30.5 Å². The molecule has 198 valence electrons. The fourth-order valence-electron chi connectivity index (χ4n) is 3.69. The molecule has 10 heteroatoms. The minimum atomic E-state index is -3.56. The molecule has 2 amide bonds. The molecule has 0 spiro atoms. The highest BCUT2D eigenvalue weighted by molar-refractivity contribution is 9.10. The lowest BCUT2D eigenvalue weighted by atomic mass is 10.1. The summed E-state index contributed by atoms with van der Waals surface area (Å²) in [7, 11) is -3.56. The van der Waals surface area contributed by atoms with Crippen LogP contribution < -0.4 is 14.4 Å². The Bertz CT molecular complexity index is 1110. The van der Waals surface area contributed by atoms with Crippen molar-refractivity contribution in [1.29, 1.82) is 0 Å². The molecule has 0 saturated carbocycles. The van der Waals surface area contributed by atoms with Crippen molar-refractivity contribution in [2.75, 3.05) is 30.3 Å². The van der Waals surface area contributed by atoms with Gasteiger partial charge in [-0.3, -0.25) is 13.9 Å². The monoisotopic (exact) mass is 581 g/mol. The SMILES string of the molecule is CCCNC(=O)[C@H](C)N(Cc1cccc(Br)c1)C(=O)CCCN(c1ccc(OCC)cc1)S(C)(=O)=O. The Morgan fingerprint density at radius 2 is 1.81 bits per heavy atom. The number of sulfonamides is 1. The molecule has 1 atom stereocenters. The van der Waals surface area contributed by atoms with Crippen LogP contribution in [0.15, 0.2) is 53.0 Å². The van der Waals surface area contributed by atoms with E-state index in [4.69, 9.17) is 4.74 Å². The minimum Gasteiger partial charge on any atom is -0.494 e. The first-order valence-corrected chi connectivity index (χ1v) is 14.7. The van der Waals surface area contributed by atoms with Crippen molar-refractivity contribution in [3.8, 4) is 5.75 Å². The summed E-state index contributed by atoms with van der Waals surface area (Å²) in [6, 6.07) is 13.7. The molecule has 0 aliphatic carbocycles. The number of ether oxygens (including phenoxy) is 1. The Morgan fingerprint density at radius 3 is 2.39 bits per heavy atom. The van der Waals surface area contributed by atoms with Gasteiger partial charge in [0.15, 0.2) is 0 Å². The van der Waals surface area contributed by atoms with Gasteiger partial charge in [-0.15, -0.1) is 0 Å². The molecule has 0 aliphatic heterocycles. The summed E-state index contributed by atoms with van der Waals surface area (Å²) in [4.78, 5) is 27.5. The zero-order valence-electron chi connectivity index (χ0n) is 21.4. The van der Waals surface area contributed by atoms with E-state index in [-0.39, 0.29) is 31.3 Å². The van der Waals surface area contributed by atoms with Crippen LogP contribution in [-0.4, -0.2) is 57.1 Å². The van der Waals surface area contributed by atoms with Gasteiger partial charge < -0.3 is 15.0 Å². The largest absolute Gasteiger partial charge is 0.494 e. The predicted molar refractivity (Wildman–Crippen MR) is 146 cm³/mol. The Labute approximate surface area is 223 Å². The zero-order valence-corrected chi connectivity index (χ0v) is 23.8. The first-order valence-electron chi connectivity index (χ1n) is 12.1. The van der Waals surface area contributed by atoms with E-state index in [1.165, 1.54) is 4.31 Å². The number of hydrogen-bond acceptors (Lipinski definition) is 5. The Balaban J connectivity index is 2.14. The van der Waals surface area contributed by atoms with Gasteiger partial charge in [0.1, 0.15) is 11.8 Å². The third kappa shape index (κ3) is 9.13. The Kier molecular flexibility index (Phi) is 11.7. The van der Waals surface area contributed by atoms with E-state index in [1.54, 1.807) is 36.1 Å². The number of halogens is 1. The maximum Gasteiger partial charge on any atom is 0.242 e. The van der Waals surface area contributed by atoms with Crippen LogP contribution in [0.5, 0.6) is 5.75 Å². The molecule has 36 heavy (non-hydrogen) atoms. The van der Waals surface area contributed by atoms with Crippen molar-refractivity contribution in [1.82, 2.24) is 10.2 Å². The number of nitrogens with zero attached hydrogens (tertiary/aromatic N) is 2. The molecule has 0 saturated heterocycles. The number of anilines is 1. The van der Waals surface area contributed by atoms with Crippen LogP contribution >= 0.6 is 15.9 Å². The molecule has 0 aliphatic rings. The number of benzene rings is 2. The molecule has 0 fully saturated rings. The fraction of sp³-hybridized carbons (Fsp3) is 0.462. The molecule has 2 aromatic carbocycles. The normalized spacial score (nSPS) is 12.0. The summed E-state index contributed by atoms with van der Waals surface area (Å²) < 4.78 is 32.5. The van der Waals surface area contributed by atoms with Crippen LogP contribution in [0.3, 0.4) is 0 Å². The van der Waals surface area contributed by atoms with Crippen molar-refractivity contribution in [2.45, 2.75) is 52.6 Å². The van der Waals surface area contributed by atoms with Gasteiger partial charge in [0.25, 0.3) is 0 Å². The highest BCUT2D eigenvalue weighted by Gasteiger charge is 2.26. The number of amides is 2. The Hall–Kier alpha value is -2.59. The second-order valence-corrected chi connectivity index (χ2v) is 11.3. The quantitative estimate of drug-likeness (QED) is 0.358. The van der Waals surface area contributed by atoms with Crippen LogP contribution in [0.25, 0.3) is 0 Å². The molecule has 1 N–H and O–H groups in total. The van der Waals surface area contributed by atoms with E-state index in [9.17, 15) is 18.0 Å². The summed E-state index contributed by atoms with van der Waals surface area (Å²) in [6.07, 6.45) is 2.34. The first kappa shape index (κ1) is 29.6. The van der Waals surface area contributed by atoms with E-state index < -0.39 is 16.1 Å². The number of rotatable bonds is 14. The van der Waals surface area contributed by atoms with E-state index in [1.807, 2.05) is 38.1 Å². The maximum absolute atomic E-state index is 13.3. The minimum absolute atomic E-state index is 0.0997. The second kappa shape index (κ2) is 14.2. The van der Waals surface area contributed by atoms with Gasteiger partial charge in [-0.25, -0.2) is 8.42 Å². The Morgan fingerprint density at radius 1 is 1.11 bits per heavy atom. The zero-order chi connectivity index (χ0) is 26.7. The highest BCUT2D eigenvalue weighted by atomic mass is 79.9. The summed E-state index contributed by atoms with van der Waals surface area (Å²) in [5.41, 5.74) is 1.40. The molecule has 0 heterocycles. The van der Waals surface area contributed by atoms with Crippen LogP contribution in [0.2, 0.25) is 0 Å². The smallest absolute Gasteiger partial charge is 0.242 e. The maximum atomic E-state index is 13.3. The number of hydrogen-bond donors (Lipinski definition) is 1. The van der Waals surface area contributed by atoms with Crippen LogP contribution in [0.4, 0.5) is 5.69 Å². The van der Waals surface area contributed by atoms with E-state index >= 15 is 0 Å². The van der Waals surface area contributed by atoms with Crippen molar-refractivity contribution < 1.29 is 22.7 Å². The highest BCUT2D eigenvalue weighted by Crippen LogP contribution is 2.23. The number of carbonyl (C=O) groups excluding carboxylic acids is 2. The molecule has 2 rings (SSSR count). The number of carbonyl (C=O) groups is 2. The average molecular weight is 583 g/mol. The molecule has 2 aromatic rings. The second-order valence-electron chi connectivity index (χ2n) is 8.48. The third-order valence-electron chi connectivity index (χ3n) is 5.55. The van der Waals surface area contributed by atoms with Gasteiger partial charge in [-0.2, -0.15) is 0 Å². The van der Waals surface area contributed by atoms with Crippen LogP contribution in [0, 0.1) is 0 Å². The molecule has 8 nitrogen and oxygen atoms in total. The molecule has 0 aromatic heterocycles. The molecular formula is C26H36BrN3O5S. The van der Waals surface area contributed by atoms with Crippen molar-refractivity contribution >= 4 is 43.5 Å². The summed E-state index contributed by atoms with van der Waals surface area (Å²) in [6.45, 7) is 7.02. The fourth-order valence-corrected chi connectivity index (χ4v) is 5.10. The predicted octanol–water partition coefficient (Wildman–Crippen LogP) is 4.34. The lowest BCUT2D eigenvalue weighted by Gasteiger charge is -2.29. The number of nitrogens with one attached hydrogen (secondary N) is 1. The topological polar surface area (TPSA) is 96.0 Å². The third-order valence-corrected chi connectivity index (χ3v) is 7.23. The van der Waals surface area contributed by atoms with Crippen LogP contribution in [-0.2, 0) is 26.2 Å². The lowest BCUT2D eigenvalue weighted by molar-refractivity contribution is -0.140. The van der Waals surface area contributed by atoms with Crippen LogP contribution in [0.1, 0.15) is 45.6 Å².